The second-order valence-electron chi connectivity index (χ2n) is 6.95. The summed E-state index contributed by atoms with van der Waals surface area (Å²) in [5.41, 5.74) is 2.10. The lowest BCUT2D eigenvalue weighted by Gasteiger charge is -2.37. The number of hydrogen-bond acceptors (Lipinski definition) is 5. The van der Waals surface area contributed by atoms with Gasteiger partial charge in [-0.05, 0) is 24.3 Å². The molecule has 1 aromatic carbocycles. The predicted octanol–water partition coefficient (Wildman–Crippen LogP) is 3.47. The van der Waals surface area contributed by atoms with Crippen molar-refractivity contribution in [2.75, 3.05) is 26.3 Å². The van der Waals surface area contributed by atoms with Crippen LogP contribution in [0.2, 0.25) is 0 Å². The van der Waals surface area contributed by atoms with Gasteiger partial charge in [-0.1, -0.05) is 18.2 Å². The molecule has 2 aliphatic heterocycles. The summed E-state index contributed by atoms with van der Waals surface area (Å²) in [6.07, 6.45) is 3.01. The number of para-hydroxylation sites is 1. The van der Waals surface area contributed by atoms with Gasteiger partial charge in [-0.25, -0.2) is 4.98 Å². The Morgan fingerprint density at radius 3 is 2.56 bits per heavy atom. The monoisotopic (exact) mass is 364 g/mol. The smallest absolute Gasteiger partial charge is 0.254 e. The first-order chi connectivity index (χ1) is 13.2. The minimum atomic E-state index is -0.490. The van der Waals surface area contributed by atoms with Crippen LogP contribution in [0, 0.1) is 0 Å². The standard InChI is InChI=1S/C21H20N2O4/c24-20(23-9-7-21(8-10-23)26-12-13-27-21)16-14-18(19-6-3-11-25-19)22-17-5-2-1-4-15(16)17/h1-6,11,14H,7-10,12-13H2. The molecule has 0 unspecified atom stereocenters. The molecular formula is C21H20N2O4. The Labute approximate surface area is 156 Å². The van der Waals surface area contributed by atoms with Gasteiger partial charge in [0.2, 0.25) is 0 Å². The number of hydrogen-bond donors (Lipinski definition) is 0. The summed E-state index contributed by atoms with van der Waals surface area (Å²) in [7, 11) is 0. The predicted molar refractivity (Wildman–Crippen MR) is 99.2 cm³/mol. The van der Waals surface area contributed by atoms with E-state index in [9.17, 15) is 4.79 Å². The molecule has 4 heterocycles. The molecule has 2 saturated heterocycles. The second-order valence-corrected chi connectivity index (χ2v) is 6.95. The molecule has 0 atom stereocenters. The maximum absolute atomic E-state index is 13.3. The number of ether oxygens (including phenoxy) is 2. The van der Waals surface area contributed by atoms with Gasteiger partial charge in [-0.2, -0.15) is 0 Å². The Morgan fingerprint density at radius 1 is 1.04 bits per heavy atom. The first kappa shape index (κ1) is 16.5. The van der Waals surface area contributed by atoms with Crippen molar-refractivity contribution in [2.45, 2.75) is 18.6 Å². The molecule has 5 rings (SSSR count). The molecule has 0 radical (unpaired) electrons. The number of carbonyl (C=O) groups excluding carboxylic acids is 1. The van der Waals surface area contributed by atoms with Gasteiger partial charge in [-0.15, -0.1) is 0 Å². The molecule has 0 N–H and O–H groups in total. The van der Waals surface area contributed by atoms with E-state index in [1.165, 1.54) is 0 Å². The number of fused-ring (bicyclic) bond motifs is 1. The van der Waals surface area contributed by atoms with Crippen molar-refractivity contribution in [1.82, 2.24) is 9.88 Å². The zero-order chi connectivity index (χ0) is 18.3. The number of furan rings is 1. The van der Waals surface area contributed by atoms with E-state index in [2.05, 4.69) is 4.98 Å². The van der Waals surface area contributed by atoms with Crippen molar-refractivity contribution in [3.8, 4) is 11.5 Å². The zero-order valence-corrected chi connectivity index (χ0v) is 14.9. The lowest BCUT2D eigenvalue weighted by atomic mass is 10.0. The Bertz CT molecular complexity index is 967. The Balaban J connectivity index is 1.49. The van der Waals surface area contributed by atoms with Crippen molar-refractivity contribution in [2.24, 2.45) is 0 Å². The normalized spacial score (nSPS) is 19.0. The molecular weight excluding hydrogens is 344 g/mol. The first-order valence-corrected chi connectivity index (χ1v) is 9.25. The molecule has 0 saturated carbocycles. The third-order valence-electron chi connectivity index (χ3n) is 5.35. The summed E-state index contributed by atoms with van der Waals surface area (Å²) in [6.45, 7) is 2.50. The van der Waals surface area contributed by atoms with Crippen molar-refractivity contribution in [3.63, 3.8) is 0 Å². The molecule has 2 aromatic heterocycles. The number of benzene rings is 1. The minimum Gasteiger partial charge on any atom is -0.463 e. The van der Waals surface area contributed by atoms with Crippen LogP contribution in [0.3, 0.4) is 0 Å². The van der Waals surface area contributed by atoms with Gasteiger partial charge in [0.05, 0.1) is 30.6 Å². The van der Waals surface area contributed by atoms with Crippen molar-refractivity contribution in [1.29, 1.82) is 0 Å². The highest BCUT2D eigenvalue weighted by Gasteiger charge is 2.41. The third-order valence-corrected chi connectivity index (χ3v) is 5.35. The van der Waals surface area contributed by atoms with Gasteiger partial charge < -0.3 is 18.8 Å². The van der Waals surface area contributed by atoms with E-state index in [1.54, 1.807) is 6.26 Å². The number of pyridine rings is 1. The van der Waals surface area contributed by atoms with Gasteiger partial charge in [0.1, 0.15) is 5.69 Å². The van der Waals surface area contributed by atoms with Crippen LogP contribution in [0.5, 0.6) is 0 Å². The fraction of sp³-hybridized carbons (Fsp3) is 0.333. The molecule has 2 aliphatic rings. The van der Waals surface area contributed by atoms with E-state index in [0.29, 0.717) is 56.2 Å². The average molecular weight is 364 g/mol. The number of piperidine rings is 1. The van der Waals surface area contributed by atoms with Gasteiger partial charge in [0.15, 0.2) is 11.5 Å². The van der Waals surface area contributed by atoms with Gasteiger partial charge in [-0.3, -0.25) is 4.79 Å². The summed E-state index contributed by atoms with van der Waals surface area (Å²) in [6, 6.07) is 13.2. The highest BCUT2D eigenvalue weighted by molar-refractivity contribution is 6.07. The number of rotatable bonds is 2. The van der Waals surface area contributed by atoms with Gasteiger partial charge in [0, 0.05) is 31.3 Å². The summed E-state index contributed by atoms with van der Waals surface area (Å²) >= 11 is 0. The lowest BCUT2D eigenvalue weighted by Crippen LogP contribution is -2.47. The number of aromatic nitrogens is 1. The fourth-order valence-electron chi connectivity index (χ4n) is 3.91. The highest BCUT2D eigenvalue weighted by atomic mass is 16.7. The van der Waals surface area contributed by atoms with Crippen LogP contribution in [0.1, 0.15) is 23.2 Å². The minimum absolute atomic E-state index is 0.00857. The van der Waals surface area contributed by atoms with E-state index in [4.69, 9.17) is 13.9 Å². The van der Waals surface area contributed by atoms with Crippen LogP contribution in [0.25, 0.3) is 22.4 Å². The molecule has 3 aromatic rings. The van der Waals surface area contributed by atoms with E-state index in [0.717, 1.165) is 10.9 Å². The van der Waals surface area contributed by atoms with Gasteiger partial charge in [0.25, 0.3) is 5.91 Å². The summed E-state index contributed by atoms with van der Waals surface area (Å²) < 4.78 is 17.0. The molecule has 0 aliphatic carbocycles. The van der Waals surface area contributed by atoms with Crippen LogP contribution in [-0.4, -0.2) is 47.9 Å². The maximum atomic E-state index is 13.3. The number of likely N-dealkylation sites (tertiary alicyclic amines) is 1. The summed E-state index contributed by atoms with van der Waals surface area (Å²) in [4.78, 5) is 19.9. The third kappa shape index (κ3) is 2.91. The fourth-order valence-corrected chi connectivity index (χ4v) is 3.91. The molecule has 2 fully saturated rings. The molecule has 1 spiro atoms. The maximum Gasteiger partial charge on any atom is 0.254 e. The second kappa shape index (κ2) is 6.48. The summed E-state index contributed by atoms with van der Waals surface area (Å²) in [5.74, 6) is 0.172. The SMILES string of the molecule is O=C(c1cc(-c2ccco2)nc2ccccc12)N1CCC2(CC1)OCCO2. The molecule has 138 valence electrons. The van der Waals surface area contributed by atoms with E-state index < -0.39 is 5.79 Å². The Morgan fingerprint density at radius 2 is 1.81 bits per heavy atom. The number of carbonyl (C=O) groups is 1. The van der Waals surface area contributed by atoms with Crippen molar-refractivity contribution >= 4 is 16.8 Å². The number of nitrogens with zero attached hydrogens (tertiary/aromatic N) is 2. The molecule has 1 amide bonds. The highest BCUT2D eigenvalue weighted by Crippen LogP contribution is 2.33. The Hall–Kier alpha value is -2.70. The van der Waals surface area contributed by atoms with Gasteiger partial charge >= 0.3 is 0 Å². The zero-order valence-electron chi connectivity index (χ0n) is 14.9. The lowest BCUT2D eigenvalue weighted by molar-refractivity contribution is -0.181. The topological polar surface area (TPSA) is 64.8 Å². The molecule has 0 bridgehead atoms. The first-order valence-electron chi connectivity index (χ1n) is 9.25. The average Bonchev–Trinajstić information content (AvgIpc) is 3.40. The summed E-state index contributed by atoms with van der Waals surface area (Å²) in [5, 5.41) is 0.853. The van der Waals surface area contributed by atoms with Crippen LogP contribution in [0.15, 0.2) is 53.1 Å². The van der Waals surface area contributed by atoms with Crippen LogP contribution in [0.4, 0.5) is 0 Å². The van der Waals surface area contributed by atoms with Crippen LogP contribution < -0.4 is 0 Å². The molecule has 6 nitrogen and oxygen atoms in total. The van der Waals surface area contributed by atoms with Crippen LogP contribution >= 0.6 is 0 Å². The number of amides is 1. The van der Waals surface area contributed by atoms with E-state index >= 15 is 0 Å². The molecule has 6 heteroatoms. The quantitative estimate of drug-likeness (QED) is 0.697. The largest absolute Gasteiger partial charge is 0.463 e. The van der Waals surface area contributed by atoms with E-state index in [1.807, 2.05) is 47.4 Å². The van der Waals surface area contributed by atoms with Crippen molar-refractivity contribution < 1.29 is 18.7 Å². The van der Waals surface area contributed by atoms with Crippen LogP contribution in [-0.2, 0) is 9.47 Å². The van der Waals surface area contributed by atoms with Crippen molar-refractivity contribution in [3.05, 3.63) is 54.3 Å². The Kier molecular flexibility index (Phi) is 3.95. The van der Waals surface area contributed by atoms with E-state index in [-0.39, 0.29) is 5.91 Å². The molecule has 27 heavy (non-hydrogen) atoms.